The summed E-state index contributed by atoms with van der Waals surface area (Å²) in [5.41, 5.74) is 5.20. The van der Waals surface area contributed by atoms with Crippen LogP contribution in [0.5, 0.6) is 5.75 Å². The number of halogens is 2. The van der Waals surface area contributed by atoms with Gasteiger partial charge in [-0.05, 0) is 0 Å². The molecule has 4 nitrogen and oxygen atoms in total. The standard InChI is InChI=1S/C10H12F2N2O2/c1-16-10-7(11)4-6(5-8(10)12)14-9(15)2-3-13/h4-5H,2-3,13H2,1H3,(H,14,15). The number of anilines is 1. The summed E-state index contributed by atoms with van der Waals surface area (Å²) in [5.74, 6) is -2.61. The van der Waals surface area contributed by atoms with Crippen molar-refractivity contribution in [3.63, 3.8) is 0 Å². The average Bonchev–Trinajstić information content (AvgIpc) is 2.17. The molecule has 0 aliphatic rings. The zero-order valence-corrected chi connectivity index (χ0v) is 8.72. The largest absolute Gasteiger partial charge is 0.491 e. The first kappa shape index (κ1) is 12.4. The Hall–Kier alpha value is -1.69. The quantitative estimate of drug-likeness (QED) is 0.818. The fourth-order valence-corrected chi connectivity index (χ4v) is 1.18. The number of nitrogens with two attached hydrogens (primary N) is 1. The second kappa shape index (κ2) is 5.41. The molecule has 0 aliphatic heterocycles. The molecule has 0 saturated carbocycles. The van der Waals surface area contributed by atoms with Gasteiger partial charge < -0.3 is 15.8 Å². The third-order valence-corrected chi connectivity index (χ3v) is 1.86. The van der Waals surface area contributed by atoms with Crippen molar-refractivity contribution >= 4 is 11.6 Å². The third kappa shape index (κ3) is 2.90. The van der Waals surface area contributed by atoms with E-state index in [0.29, 0.717) is 0 Å². The van der Waals surface area contributed by atoms with Crippen LogP contribution >= 0.6 is 0 Å². The number of ether oxygens (including phenoxy) is 1. The molecule has 1 aromatic carbocycles. The fraction of sp³-hybridized carbons (Fsp3) is 0.300. The van der Waals surface area contributed by atoms with Crippen molar-refractivity contribution < 1.29 is 18.3 Å². The lowest BCUT2D eigenvalue weighted by molar-refractivity contribution is -0.116. The van der Waals surface area contributed by atoms with E-state index in [0.717, 1.165) is 19.2 Å². The zero-order valence-electron chi connectivity index (χ0n) is 8.72. The van der Waals surface area contributed by atoms with Crippen molar-refractivity contribution in [2.24, 2.45) is 5.73 Å². The lowest BCUT2D eigenvalue weighted by Crippen LogP contribution is -2.16. The predicted octanol–water partition coefficient (Wildman–Crippen LogP) is 1.26. The van der Waals surface area contributed by atoms with E-state index in [2.05, 4.69) is 10.1 Å². The molecule has 16 heavy (non-hydrogen) atoms. The van der Waals surface area contributed by atoms with Gasteiger partial charge in [0.2, 0.25) is 5.91 Å². The molecule has 3 N–H and O–H groups in total. The van der Waals surface area contributed by atoms with Gasteiger partial charge in [-0.2, -0.15) is 0 Å². The highest BCUT2D eigenvalue weighted by atomic mass is 19.1. The van der Waals surface area contributed by atoms with Crippen molar-refractivity contribution in [2.75, 3.05) is 19.0 Å². The summed E-state index contributed by atoms with van der Waals surface area (Å²) in [6.45, 7) is 0.174. The van der Waals surface area contributed by atoms with Crippen LogP contribution in [0.15, 0.2) is 12.1 Å². The van der Waals surface area contributed by atoms with Gasteiger partial charge in [-0.15, -0.1) is 0 Å². The molecule has 0 aromatic heterocycles. The van der Waals surface area contributed by atoms with E-state index >= 15 is 0 Å². The topological polar surface area (TPSA) is 64.3 Å². The minimum absolute atomic E-state index is 0.0363. The second-order valence-corrected chi connectivity index (χ2v) is 3.06. The maximum absolute atomic E-state index is 13.2. The Morgan fingerprint density at radius 2 is 2.00 bits per heavy atom. The lowest BCUT2D eigenvalue weighted by atomic mass is 10.2. The summed E-state index contributed by atoms with van der Waals surface area (Å²) in [7, 11) is 1.16. The molecule has 0 radical (unpaired) electrons. The molecule has 88 valence electrons. The highest BCUT2D eigenvalue weighted by Gasteiger charge is 2.12. The van der Waals surface area contributed by atoms with Crippen LogP contribution in [0.4, 0.5) is 14.5 Å². The summed E-state index contributed by atoms with van der Waals surface area (Å²) in [5, 5.41) is 2.32. The molecule has 0 saturated heterocycles. The first-order chi connectivity index (χ1) is 7.58. The maximum atomic E-state index is 13.2. The van der Waals surface area contributed by atoms with Gasteiger partial charge in [0, 0.05) is 30.8 Å². The van der Waals surface area contributed by atoms with Crippen molar-refractivity contribution in [2.45, 2.75) is 6.42 Å². The monoisotopic (exact) mass is 230 g/mol. The summed E-state index contributed by atoms with van der Waals surface area (Å²) in [6.07, 6.45) is 0.0925. The Balaban J connectivity index is 2.87. The Labute approximate surface area is 91.4 Å². The first-order valence-electron chi connectivity index (χ1n) is 4.61. The van der Waals surface area contributed by atoms with E-state index < -0.39 is 23.3 Å². The fourth-order valence-electron chi connectivity index (χ4n) is 1.18. The summed E-state index contributed by atoms with van der Waals surface area (Å²) in [6, 6.07) is 1.96. The van der Waals surface area contributed by atoms with Gasteiger partial charge in [0.15, 0.2) is 17.4 Å². The lowest BCUT2D eigenvalue weighted by Gasteiger charge is -2.08. The minimum atomic E-state index is -0.870. The molecule has 0 unspecified atom stereocenters. The van der Waals surface area contributed by atoms with Gasteiger partial charge in [-0.1, -0.05) is 0 Å². The number of rotatable bonds is 4. The van der Waals surface area contributed by atoms with Gasteiger partial charge in [-0.25, -0.2) is 8.78 Å². The van der Waals surface area contributed by atoms with Crippen molar-refractivity contribution in [3.05, 3.63) is 23.8 Å². The van der Waals surface area contributed by atoms with E-state index in [1.54, 1.807) is 0 Å². The summed E-state index contributed by atoms with van der Waals surface area (Å²) >= 11 is 0. The van der Waals surface area contributed by atoms with E-state index in [1.165, 1.54) is 0 Å². The molecule has 0 fully saturated rings. The highest BCUT2D eigenvalue weighted by Crippen LogP contribution is 2.25. The van der Waals surface area contributed by atoms with Gasteiger partial charge in [-0.3, -0.25) is 4.79 Å². The molecule has 0 bridgehead atoms. The number of carbonyl (C=O) groups is 1. The first-order valence-corrected chi connectivity index (χ1v) is 4.61. The predicted molar refractivity (Wildman–Crippen MR) is 55.2 cm³/mol. The van der Waals surface area contributed by atoms with Crippen LogP contribution in [-0.4, -0.2) is 19.6 Å². The average molecular weight is 230 g/mol. The maximum Gasteiger partial charge on any atom is 0.225 e. The number of hydrogen-bond acceptors (Lipinski definition) is 3. The van der Waals surface area contributed by atoms with Crippen molar-refractivity contribution in [1.29, 1.82) is 0 Å². The molecule has 0 heterocycles. The Bertz CT molecular complexity index is 373. The van der Waals surface area contributed by atoms with E-state index in [4.69, 9.17) is 5.73 Å². The van der Waals surface area contributed by atoms with Gasteiger partial charge in [0.1, 0.15) is 0 Å². The third-order valence-electron chi connectivity index (χ3n) is 1.86. The molecule has 1 aromatic rings. The minimum Gasteiger partial charge on any atom is -0.491 e. The Morgan fingerprint density at radius 1 is 1.44 bits per heavy atom. The summed E-state index contributed by atoms with van der Waals surface area (Å²) < 4.78 is 30.9. The van der Waals surface area contributed by atoms with Crippen molar-refractivity contribution in [1.82, 2.24) is 0 Å². The van der Waals surface area contributed by atoms with Gasteiger partial charge >= 0.3 is 0 Å². The zero-order chi connectivity index (χ0) is 12.1. The number of benzene rings is 1. The van der Waals surface area contributed by atoms with Crippen LogP contribution in [0.1, 0.15) is 6.42 Å². The highest BCUT2D eigenvalue weighted by molar-refractivity contribution is 5.90. The van der Waals surface area contributed by atoms with Crippen LogP contribution in [0.25, 0.3) is 0 Å². The number of amides is 1. The van der Waals surface area contributed by atoms with Crippen LogP contribution in [0, 0.1) is 11.6 Å². The molecule has 1 rings (SSSR count). The van der Waals surface area contributed by atoms with Crippen LogP contribution in [0.3, 0.4) is 0 Å². The van der Waals surface area contributed by atoms with E-state index in [-0.39, 0.29) is 18.7 Å². The molecule has 1 amide bonds. The normalized spacial score (nSPS) is 10.0. The molecular weight excluding hydrogens is 218 g/mol. The number of methoxy groups -OCH3 is 1. The van der Waals surface area contributed by atoms with E-state index in [9.17, 15) is 13.6 Å². The summed E-state index contributed by atoms with van der Waals surface area (Å²) in [4.78, 5) is 11.1. The number of nitrogens with one attached hydrogen (secondary N) is 1. The van der Waals surface area contributed by atoms with E-state index in [1.807, 2.05) is 0 Å². The molecule has 0 atom stereocenters. The SMILES string of the molecule is COc1c(F)cc(NC(=O)CCN)cc1F. The second-order valence-electron chi connectivity index (χ2n) is 3.06. The number of hydrogen-bond donors (Lipinski definition) is 2. The molecule has 6 heteroatoms. The molecule has 0 spiro atoms. The Morgan fingerprint density at radius 3 is 2.44 bits per heavy atom. The van der Waals surface area contributed by atoms with Gasteiger partial charge in [0.25, 0.3) is 0 Å². The van der Waals surface area contributed by atoms with Crippen LogP contribution in [-0.2, 0) is 4.79 Å². The van der Waals surface area contributed by atoms with Crippen molar-refractivity contribution in [3.8, 4) is 5.75 Å². The smallest absolute Gasteiger partial charge is 0.225 e. The Kier molecular flexibility index (Phi) is 4.19. The molecule has 0 aliphatic carbocycles. The van der Waals surface area contributed by atoms with Gasteiger partial charge in [0.05, 0.1) is 7.11 Å². The molecular formula is C10H12F2N2O2. The van der Waals surface area contributed by atoms with Crippen LogP contribution < -0.4 is 15.8 Å². The number of carbonyl (C=O) groups excluding carboxylic acids is 1. The van der Waals surface area contributed by atoms with Crippen LogP contribution in [0.2, 0.25) is 0 Å².